The molecule has 2 aromatic carbocycles. The predicted octanol–water partition coefficient (Wildman–Crippen LogP) is 3.99. The van der Waals surface area contributed by atoms with Crippen molar-refractivity contribution in [3.05, 3.63) is 71.6 Å². The first-order valence-corrected chi connectivity index (χ1v) is 10.1. The fourth-order valence-corrected chi connectivity index (χ4v) is 3.65. The Morgan fingerprint density at radius 3 is 2.48 bits per heavy atom. The zero-order valence-corrected chi connectivity index (χ0v) is 16.8. The number of hydrogen-bond donors (Lipinski definition) is 0. The molecule has 0 unspecified atom stereocenters. The molecule has 0 radical (unpaired) electrons. The molecule has 1 saturated heterocycles. The van der Waals surface area contributed by atoms with Crippen LogP contribution < -0.4 is 0 Å². The summed E-state index contributed by atoms with van der Waals surface area (Å²) in [5.74, 6) is 0.888. The zero-order valence-electron chi connectivity index (χ0n) is 16.8. The molecule has 0 N–H and O–H groups in total. The molecule has 0 saturated carbocycles. The largest absolute Gasteiger partial charge is 0.337 e. The number of benzene rings is 2. The van der Waals surface area contributed by atoms with Crippen LogP contribution in [0.25, 0.3) is 11.4 Å². The van der Waals surface area contributed by atoms with E-state index in [1.165, 1.54) is 37.9 Å². The Bertz CT molecular complexity index is 931. The van der Waals surface area contributed by atoms with Gasteiger partial charge in [-0.15, -0.1) is 0 Å². The number of piperidine rings is 1. The average molecular weight is 390 g/mol. The van der Waals surface area contributed by atoms with Gasteiger partial charge in [0.2, 0.25) is 11.7 Å². The molecule has 150 valence electrons. The lowest BCUT2D eigenvalue weighted by atomic mass is 10.1. The molecule has 4 rings (SSSR count). The molecule has 1 aliphatic heterocycles. The summed E-state index contributed by atoms with van der Waals surface area (Å²) in [7, 11) is 1.75. The van der Waals surface area contributed by atoms with E-state index in [9.17, 15) is 4.79 Å². The molecular weight excluding hydrogens is 364 g/mol. The SMILES string of the molecule is CN(Cc1nc(-c2ccccc2)no1)C(=O)c1ccc(CN2CCCCC2)cc1. The summed E-state index contributed by atoms with van der Waals surface area (Å²) in [5, 5.41) is 4.01. The minimum absolute atomic E-state index is 0.0611. The van der Waals surface area contributed by atoms with Crippen molar-refractivity contribution < 1.29 is 9.32 Å². The Hall–Kier alpha value is -2.99. The van der Waals surface area contributed by atoms with Gasteiger partial charge in [0.1, 0.15) is 0 Å². The van der Waals surface area contributed by atoms with Crippen molar-refractivity contribution in [3.63, 3.8) is 0 Å². The highest BCUT2D eigenvalue weighted by molar-refractivity contribution is 5.94. The zero-order chi connectivity index (χ0) is 20.1. The molecule has 29 heavy (non-hydrogen) atoms. The van der Waals surface area contributed by atoms with Crippen LogP contribution in [0.1, 0.15) is 41.1 Å². The summed E-state index contributed by atoms with van der Waals surface area (Å²) >= 11 is 0. The van der Waals surface area contributed by atoms with Crippen LogP contribution >= 0.6 is 0 Å². The third kappa shape index (κ3) is 4.90. The van der Waals surface area contributed by atoms with Crippen molar-refractivity contribution in [1.29, 1.82) is 0 Å². The van der Waals surface area contributed by atoms with Crippen molar-refractivity contribution in [3.8, 4) is 11.4 Å². The molecule has 0 bridgehead atoms. The quantitative estimate of drug-likeness (QED) is 0.637. The van der Waals surface area contributed by atoms with Crippen LogP contribution in [0.5, 0.6) is 0 Å². The van der Waals surface area contributed by atoms with Crippen molar-refractivity contribution in [1.82, 2.24) is 19.9 Å². The fraction of sp³-hybridized carbons (Fsp3) is 0.348. The van der Waals surface area contributed by atoms with Gasteiger partial charge in [0, 0.05) is 24.7 Å². The normalized spacial score (nSPS) is 14.7. The standard InChI is InChI=1S/C23H26N4O2/c1-26(17-21-24-22(25-29-21)19-8-4-2-5-9-19)23(28)20-12-10-18(11-13-20)16-27-14-6-3-7-15-27/h2,4-5,8-13H,3,6-7,14-17H2,1H3. The number of hydrogen-bond acceptors (Lipinski definition) is 5. The van der Waals surface area contributed by atoms with Gasteiger partial charge < -0.3 is 9.42 Å². The van der Waals surface area contributed by atoms with E-state index >= 15 is 0 Å². The lowest BCUT2D eigenvalue weighted by molar-refractivity contribution is 0.0769. The van der Waals surface area contributed by atoms with Gasteiger partial charge in [0.25, 0.3) is 5.91 Å². The maximum Gasteiger partial charge on any atom is 0.254 e. The van der Waals surface area contributed by atoms with Crippen LogP contribution in [0.2, 0.25) is 0 Å². The van der Waals surface area contributed by atoms with Gasteiger partial charge >= 0.3 is 0 Å². The molecular formula is C23H26N4O2. The Labute approximate surface area is 171 Å². The molecule has 0 spiro atoms. The van der Waals surface area contributed by atoms with Crippen LogP contribution in [-0.4, -0.2) is 46.0 Å². The van der Waals surface area contributed by atoms with Gasteiger partial charge in [0.05, 0.1) is 6.54 Å². The second-order valence-corrected chi connectivity index (χ2v) is 7.57. The van der Waals surface area contributed by atoms with E-state index in [-0.39, 0.29) is 12.5 Å². The first kappa shape index (κ1) is 19.3. The number of rotatable bonds is 6. The fourth-order valence-electron chi connectivity index (χ4n) is 3.65. The third-order valence-electron chi connectivity index (χ3n) is 5.27. The highest BCUT2D eigenvalue weighted by Gasteiger charge is 2.17. The molecule has 6 nitrogen and oxygen atoms in total. The van der Waals surface area contributed by atoms with Gasteiger partial charge in [-0.2, -0.15) is 4.98 Å². The highest BCUT2D eigenvalue weighted by Crippen LogP contribution is 2.17. The minimum Gasteiger partial charge on any atom is -0.337 e. The molecule has 1 amide bonds. The Balaban J connectivity index is 1.36. The smallest absolute Gasteiger partial charge is 0.254 e. The van der Waals surface area contributed by atoms with Gasteiger partial charge in [-0.25, -0.2) is 0 Å². The first-order valence-electron chi connectivity index (χ1n) is 10.1. The first-order chi connectivity index (χ1) is 14.2. The predicted molar refractivity (Wildman–Crippen MR) is 111 cm³/mol. The maximum absolute atomic E-state index is 12.8. The summed E-state index contributed by atoms with van der Waals surface area (Å²) in [6.07, 6.45) is 3.90. The lowest BCUT2D eigenvalue weighted by Crippen LogP contribution is -2.29. The van der Waals surface area contributed by atoms with E-state index in [2.05, 4.69) is 27.2 Å². The van der Waals surface area contributed by atoms with Crippen molar-refractivity contribution in [2.24, 2.45) is 0 Å². The second-order valence-electron chi connectivity index (χ2n) is 7.57. The number of aromatic nitrogens is 2. The van der Waals surface area contributed by atoms with Crippen LogP contribution in [0.4, 0.5) is 0 Å². The molecule has 1 aromatic heterocycles. The molecule has 0 aliphatic carbocycles. The van der Waals surface area contributed by atoms with E-state index in [1.54, 1.807) is 11.9 Å². The van der Waals surface area contributed by atoms with Crippen LogP contribution in [-0.2, 0) is 13.1 Å². The third-order valence-corrected chi connectivity index (χ3v) is 5.27. The Morgan fingerprint density at radius 1 is 1.03 bits per heavy atom. The number of amides is 1. The average Bonchev–Trinajstić information content (AvgIpc) is 3.23. The van der Waals surface area contributed by atoms with Gasteiger partial charge in [-0.05, 0) is 43.6 Å². The maximum atomic E-state index is 12.8. The molecule has 1 fully saturated rings. The number of nitrogens with zero attached hydrogens (tertiary/aromatic N) is 4. The summed E-state index contributed by atoms with van der Waals surface area (Å²) in [4.78, 5) is 21.2. The van der Waals surface area contributed by atoms with Crippen molar-refractivity contribution in [2.45, 2.75) is 32.4 Å². The van der Waals surface area contributed by atoms with Gasteiger partial charge in [0.15, 0.2) is 0 Å². The second kappa shape index (κ2) is 9.01. The highest BCUT2D eigenvalue weighted by atomic mass is 16.5. The Kier molecular flexibility index (Phi) is 6.00. The van der Waals surface area contributed by atoms with E-state index in [4.69, 9.17) is 4.52 Å². The molecule has 1 aliphatic rings. The number of carbonyl (C=O) groups is 1. The van der Waals surface area contributed by atoms with Gasteiger partial charge in [-0.1, -0.05) is 54.0 Å². The summed E-state index contributed by atoms with van der Waals surface area (Å²) in [6.45, 7) is 3.56. The molecule has 2 heterocycles. The summed E-state index contributed by atoms with van der Waals surface area (Å²) < 4.78 is 5.32. The van der Waals surface area contributed by atoms with Crippen LogP contribution in [0.15, 0.2) is 59.1 Å². The van der Waals surface area contributed by atoms with E-state index < -0.39 is 0 Å². The summed E-state index contributed by atoms with van der Waals surface area (Å²) in [6, 6.07) is 17.6. The van der Waals surface area contributed by atoms with E-state index in [0.29, 0.717) is 17.3 Å². The molecule has 0 atom stereocenters. The van der Waals surface area contributed by atoms with Gasteiger partial charge in [-0.3, -0.25) is 9.69 Å². The van der Waals surface area contributed by atoms with E-state index in [1.807, 2.05) is 42.5 Å². The monoisotopic (exact) mass is 390 g/mol. The lowest BCUT2D eigenvalue weighted by Gasteiger charge is -2.26. The molecule has 6 heteroatoms. The van der Waals surface area contributed by atoms with Crippen LogP contribution in [0.3, 0.4) is 0 Å². The Morgan fingerprint density at radius 2 is 1.76 bits per heavy atom. The minimum atomic E-state index is -0.0611. The van der Waals surface area contributed by atoms with Crippen molar-refractivity contribution in [2.75, 3.05) is 20.1 Å². The number of likely N-dealkylation sites (tertiary alicyclic amines) is 1. The van der Waals surface area contributed by atoms with Crippen LogP contribution in [0, 0.1) is 0 Å². The summed E-state index contributed by atoms with van der Waals surface area (Å²) in [5.41, 5.74) is 2.80. The van der Waals surface area contributed by atoms with Crippen molar-refractivity contribution >= 4 is 5.91 Å². The van der Waals surface area contributed by atoms with E-state index in [0.717, 1.165) is 12.1 Å². The topological polar surface area (TPSA) is 62.5 Å². The number of carbonyl (C=O) groups excluding carboxylic acids is 1. The molecule has 3 aromatic rings.